The summed E-state index contributed by atoms with van der Waals surface area (Å²) in [5, 5.41) is 10.7. The minimum Gasteiger partial charge on any atom is -0.494 e. The van der Waals surface area contributed by atoms with E-state index in [0.717, 1.165) is 25.9 Å². The summed E-state index contributed by atoms with van der Waals surface area (Å²) in [6.07, 6.45) is 2.62. The molecule has 112 valence electrons. The van der Waals surface area contributed by atoms with Crippen LogP contribution in [0.4, 0.5) is 4.39 Å². The number of ether oxygens (including phenoxy) is 1. The Morgan fingerprint density at radius 2 is 1.90 bits per heavy atom. The number of aliphatic hydroxyl groups excluding tert-OH is 1. The first-order valence-corrected chi connectivity index (χ1v) is 7.24. The molecular formula is C16H24FNO2. The van der Waals surface area contributed by atoms with Crippen molar-refractivity contribution in [2.45, 2.75) is 44.8 Å². The summed E-state index contributed by atoms with van der Waals surface area (Å²) in [5.74, 6) is -0.288. The SMILES string of the molecule is COc1cccc(C(O)C(C)(C)N2CCCCC2)c1F. The summed E-state index contributed by atoms with van der Waals surface area (Å²) in [6.45, 7) is 5.86. The first-order valence-electron chi connectivity index (χ1n) is 7.24. The van der Waals surface area contributed by atoms with Gasteiger partial charge in [0.1, 0.15) is 0 Å². The van der Waals surface area contributed by atoms with Gasteiger partial charge in [0.25, 0.3) is 0 Å². The zero-order valence-corrected chi connectivity index (χ0v) is 12.5. The third-order valence-electron chi connectivity index (χ3n) is 4.35. The normalized spacial score (nSPS) is 18.9. The first kappa shape index (κ1) is 15.3. The fraction of sp³-hybridized carbons (Fsp3) is 0.625. The molecule has 1 heterocycles. The lowest BCUT2D eigenvalue weighted by molar-refractivity contribution is -0.0226. The molecule has 1 aliphatic heterocycles. The Bertz CT molecular complexity index is 456. The van der Waals surface area contributed by atoms with E-state index >= 15 is 0 Å². The fourth-order valence-corrected chi connectivity index (χ4v) is 2.92. The zero-order valence-electron chi connectivity index (χ0n) is 12.5. The molecule has 0 aromatic heterocycles. The van der Waals surface area contributed by atoms with Gasteiger partial charge in [-0.25, -0.2) is 4.39 Å². The van der Waals surface area contributed by atoms with Gasteiger partial charge < -0.3 is 9.84 Å². The minimum atomic E-state index is -0.879. The maximum absolute atomic E-state index is 14.3. The third-order valence-corrected chi connectivity index (χ3v) is 4.35. The van der Waals surface area contributed by atoms with Crippen LogP contribution in [0.5, 0.6) is 5.75 Å². The maximum atomic E-state index is 14.3. The summed E-state index contributed by atoms with van der Waals surface area (Å²) in [4.78, 5) is 2.25. The molecule has 1 saturated heterocycles. The Morgan fingerprint density at radius 3 is 2.50 bits per heavy atom. The van der Waals surface area contributed by atoms with Gasteiger partial charge in [0.2, 0.25) is 0 Å². The molecule has 1 aromatic rings. The van der Waals surface area contributed by atoms with E-state index < -0.39 is 17.5 Å². The van der Waals surface area contributed by atoms with Gasteiger partial charge in [-0.2, -0.15) is 0 Å². The van der Waals surface area contributed by atoms with Crippen molar-refractivity contribution in [3.63, 3.8) is 0 Å². The highest BCUT2D eigenvalue weighted by Gasteiger charge is 2.37. The van der Waals surface area contributed by atoms with Crippen LogP contribution in [0.25, 0.3) is 0 Å². The molecule has 0 aliphatic carbocycles. The molecule has 0 radical (unpaired) electrons. The number of aliphatic hydroxyl groups is 1. The first-order chi connectivity index (χ1) is 9.48. The molecule has 0 spiro atoms. The van der Waals surface area contributed by atoms with E-state index in [1.807, 2.05) is 13.8 Å². The number of halogens is 1. The van der Waals surface area contributed by atoms with Crippen molar-refractivity contribution in [3.05, 3.63) is 29.6 Å². The zero-order chi connectivity index (χ0) is 14.8. The Balaban J connectivity index is 2.27. The van der Waals surface area contributed by atoms with Crippen LogP contribution >= 0.6 is 0 Å². The molecule has 1 aliphatic rings. The summed E-state index contributed by atoms with van der Waals surface area (Å²) >= 11 is 0. The number of benzene rings is 1. The van der Waals surface area contributed by atoms with E-state index in [4.69, 9.17) is 4.74 Å². The number of rotatable bonds is 4. The number of hydrogen-bond donors (Lipinski definition) is 1. The molecule has 2 rings (SSSR count). The molecule has 4 heteroatoms. The average molecular weight is 281 g/mol. The van der Waals surface area contributed by atoms with Crippen molar-refractivity contribution >= 4 is 0 Å². The monoisotopic (exact) mass is 281 g/mol. The van der Waals surface area contributed by atoms with Crippen molar-refractivity contribution in [2.75, 3.05) is 20.2 Å². The smallest absolute Gasteiger partial charge is 0.170 e. The summed E-state index contributed by atoms with van der Waals surface area (Å²) < 4.78 is 19.3. The highest BCUT2D eigenvalue weighted by Crippen LogP contribution is 2.36. The second kappa shape index (κ2) is 6.10. The highest BCUT2D eigenvalue weighted by molar-refractivity contribution is 5.33. The number of methoxy groups -OCH3 is 1. The van der Waals surface area contributed by atoms with E-state index in [-0.39, 0.29) is 5.75 Å². The molecule has 1 N–H and O–H groups in total. The van der Waals surface area contributed by atoms with Crippen molar-refractivity contribution in [3.8, 4) is 5.75 Å². The van der Waals surface area contributed by atoms with E-state index in [1.165, 1.54) is 13.5 Å². The van der Waals surface area contributed by atoms with E-state index in [9.17, 15) is 9.50 Å². The van der Waals surface area contributed by atoms with Crippen LogP contribution in [0.2, 0.25) is 0 Å². The fourth-order valence-electron chi connectivity index (χ4n) is 2.92. The summed E-state index contributed by atoms with van der Waals surface area (Å²) in [7, 11) is 1.43. The van der Waals surface area contributed by atoms with Gasteiger partial charge in [-0.05, 0) is 45.8 Å². The van der Waals surface area contributed by atoms with E-state index in [2.05, 4.69) is 4.90 Å². The molecule has 1 atom stereocenters. The highest BCUT2D eigenvalue weighted by atomic mass is 19.1. The van der Waals surface area contributed by atoms with Crippen molar-refractivity contribution < 1.29 is 14.2 Å². The lowest BCUT2D eigenvalue weighted by Gasteiger charge is -2.44. The van der Waals surface area contributed by atoms with Gasteiger partial charge >= 0.3 is 0 Å². The quantitative estimate of drug-likeness (QED) is 0.920. The Kier molecular flexibility index (Phi) is 4.66. The Morgan fingerprint density at radius 1 is 1.25 bits per heavy atom. The lowest BCUT2D eigenvalue weighted by atomic mass is 9.87. The molecule has 0 saturated carbocycles. The van der Waals surface area contributed by atoms with E-state index in [0.29, 0.717) is 5.56 Å². The Labute approximate surface area is 120 Å². The van der Waals surface area contributed by atoms with Gasteiger partial charge in [0.15, 0.2) is 11.6 Å². The molecule has 3 nitrogen and oxygen atoms in total. The Hall–Kier alpha value is -1.13. The predicted octanol–water partition coefficient (Wildman–Crippen LogP) is 3.13. The molecule has 1 aromatic carbocycles. The van der Waals surface area contributed by atoms with Crippen LogP contribution in [0, 0.1) is 5.82 Å². The maximum Gasteiger partial charge on any atom is 0.170 e. The minimum absolute atomic E-state index is 0.177. The number of piperidine rings is 1. The van der Waals surface area contributed by atoms with Crippen LogP contribution in [-0.4, -0.2) is 35.7 Å². The van der Waals surface area contributed by atoms with E-state index in [1.54, 1.807) is 18.2 Å². The lowest BCUT2D eigenvalue weighted by Crippen LogP contribution is -2.50. The van der Waals surface area contributed by atoms with Crippen LogP contribution < -0.4 is 4.74 Å². The molecular weight excluding hydrogens is 257 g/mol. The number of likely N-dealkylation sites (tertiary alicyclic amines) is 1. The van der Waals surface area contributed by atoms with Gasteiger partial charge in [0, 0.05) is 11.1 Å². The summed E-state index contributed by atoms with van der Waals surface area (Å²) in [6, 6.07) is 4.92. The molecule has 0 amide bonds. The van der Waals surface area contributed by atoms with Gasteiger partial charge in [-0.3, -0.25) is 4.90 Å². The van der Waals surface area contributed by atoms with Crippen LogP contribution in [0.15, 0.2) is 18.2 Å². The molecule has 1 unspecified atom stereocenters. The number of nitrogens with zero attached hydrogens (tertiary/aromatic N) is 1. The van der Waals surface area contributed by atoms with Crippen molar-refractivity contribution in [1.29, 1.82) is 0 Å². The molecule has 20 heavy (non-hydrogen) atoms. The van der Waals surface area contributed by atoms with Gasteiger partial charge in [-0.15, -0.1) is 0 Å². The predicted molar refractivity (Wildman–Crippen MR) is 77.4 cm³/mol. The standard InChI is InChI=1S/C16H24FNO2/c1-16(2,18-10-5-4-6-11-18)15(19)12-8-7-9-13(20-3)14(12)17/h7-9,15,19H,4-6,10-11H2,1-3H3. The van der Waals surface area contributed by atoms with Crippen molar-refractivity contribution in [1.82, 2.24) is 4.90 Å². The molecule has 1 fully saturated rings. The van der Waals surface area contributed by atoms with Crippen LogP contribution in [0.1, 0.15) is 44.8 Å². The van der Waals surface area contributed by atoms with Crippen LogP contribution in [0.3, 0.4) is 0 Å². The third kappa shape index (κ3) is 2.81. The topological polar surface area (TPSA) is 32.7 Å². The average Bonchev–Trinajstić information content (AvgIpc) is 2.47. The van der Waals surface area contributed by atoms with Crippen molar-refractivity contribution in [2.24, 2.45) is 0 Å². The summed E-state index contributed by atoms with van der Waals surface area (Å²) in [5.41, 5.74) is -0.187. The number of hydrogen-bond acceptors (Lipinski definition) is 3. The largest absolute Gasteiger partial charge is 0.494 e. The van der Waals surface area contributed by atoms with Crippen LogP contribution in [-0.2, 0) is 0 Å². The van der Waals surface area contributed by atoms with Gasteiger partial charge in [-0.1, -0.05) is 18.6 Å². The molecule has 0 bridgehead atoms. The van der Waals surface area contributed by atoms with Gasteiger partial charge in [0.05, 0.1) is 13.2 Å². The second-order valence-electron chi connectivity index (χ2n) is 5.97. The second-order valence-corrected chi connectivity index (χ2v) is 5.97.